The van der Waals surface area contributed by atoms with Crippen LogP contribution in [-0.4, -0.2) is 26.3 Å². The van der Waals surface area contributed by atoms with E-state index in [9.17, 15) is 4.79 Å². The van der Waals surface area contributed by atoms with Crippen molar-refractivity contribution in [1.82, 2.24) is 19.2 Å². The van der Waals surface area contributed by atoms with E-state index in [1.54, 1.807) is 24.1 Å². The van der Waals surface area contributed by atoms with E-state index in [0.717, 1.165) is 22.7 Å². The summed E-state index contributed by atoms with van der Waals surface area (Å²) < 4.78 is 14.5. The zero-order valence-electron chi connectivity index (χ0n) is 19.5. The molecule has 7 nitrogen and oxygen atoms in total. The molecule has 0 aliphatic carbocycles. The topological polar surface area (TPSA) is 70.7 Å². The maximum absolute atomic E-state index is 13.5. The van der Waals surface area contributed by atoms with Crippen molar-refractivity contribution < 1.29 is 9.47 Å². The summed E-state index contributed by atoms with van der Waals surface area (Å²) in [5.41, 5.74) is 4.49. The molecular formula is C27H23ClN4O3. The number of pyridine rings is 1. The minimum Gasteiger partial charge on any atom is -0.497 e. The number of rotatable bonds is 6. The first kappa shape index (κ1) is 22.7. The predicted octanol–water partition coefficient (Wildman–Crippen LogP) is 5.41. The van der Waals surface area contributed by atoms with Crippen LogP contribution in [0.3, 0.4) is 0 Å². The first-order valence-corrected chi connectivity index (χ1v) is 11.4. The SMILES string of the molecule is COc1ccc(COc2cccn3c(=O)c(-c4cc(C)n(-c5cccc(Cl)c5)n4)c(C)nc23)cc1. The van der Waals surface area contributed by atoms with Crippen LogP contribution in [0.15, 0.2) is 77.7 Å². The van der Waals surface area contributed by atoms with E-state index < -0.39 is 0 Å². The molecule has 0 atom stereocenters. The first-order valence-electron chi connectivity index (χ1n) is 11.1. The number of ether oxygens (including phenoxy) is 2. The molecule has 0 fully saturated rings. The van der Waals surface area contributed by atoms with Crippen molar-refractivity contribution in [3.8, 4) is 28.4 Å². The highest BCUT2D eigenvalue weighted by Gasteiger charge is 2.18. The molecule has 5 rings (SSSR count). The Balaban J connectivity index is 1.52. The molecule has 0 radical (unpaired) electrons. The zero-order valence-corrected chi connectivity index (χ0v) is 20.3. The normalized spacial score (nSPS) is 11.1. The molecule has 0 saturated heterocycles. The van der Waals surface area contributed by atoms with Gasteiger partial charge in [0.05, 0.1) is 24.1 Å². The van der Waals surface area contributed by atoms with Crippen LogP contribution in [0.4, 0.5) is 0 Å². The van der Waals surface area contributed by atoms with E-state index in [1.165, 1.54) is 4.40 Å². The standard InChI is InChI=1S/C27H23ClN4O3/c1-17-14-23(30-32(17)21-7-4-6-20(28)15-21)25-18(2)29-26-24(8-5-13-31(26)27(25)33)35-16-19-9-11-22(34-3)12-10-19/h4-15H,16H2,1-3H3. The Morgan fingerprint density at radius 1 is 1.00 bits per heavy atom. The number of fused-ring (bicyclic) bond motifs is 1. The Kier molecular flexibility index (Phi) is 6.01. The van der Waals surface area contributed by atoms with Crippen LogP contribution in [0.5, 0.6) is 11.5 Å². The number of aryl methyl sites for hydroxylation is 2. The second-order valence-corrected chi connectivity index (χ2v) is 8.58. The van der Waals surface area contributed by atoms with Gasteiger partial charge >= 0.3 is 0 Å². The number of benzene rings is 2. The van der Waals surface area contributed by atoms with Crippen LogP contribution < -0.4 is 15.0 Å². The number of aromatic nitrogens is 4. The van der Waals surface area contributed by atoms with Gasteiger partial charge in [0.15, 0.2) is 11.4 Å². The van der Waals surface area contributed by atoms with Gasteiger partial charge in [-0.3, -0.25) is 9.20 Å². The molecule has 0 aliphatic rings. The molecule has 176 valence electrons. The van der Waals surface area contributed by atoms with Crippen LogP contribution in [0, 0.1) is 13.8 Å². The number of halogens is 1. The van der Waals surface area contributed by atoms with Crippen molar-refractivity contribution in [2.24, 2.45) is 0 Å². The summed E-state index contributed by atoms with van der Waals surface area (Å²) in [4.78, 5) is 18.3. The van der Waals surface area contributed by atoms with Crippen molar-refractivity contribution in [3.05, 3.63) is 105 Å². The summed E-state index contributed by atoms with van der Waals surface area (Å²) in [7, 11) is 1.63. The average molecular weight is 487 g/mol. The molecule has 3 heterocycles. The minimum atomic E-state index is -0.210. The number of methoxy groups -OCH3 is 1. The minimum absolute atomic E-state index is 0.210. The molecule has 0 bridgehead atoms. The van der Waals surface area contributed by atoms with Crippen LogP contribution in [0.2, 0.25) is 5.02 Å². The Morgan fingerprint density at radius 3 is 2.54 bits per heavy atom. The van der Waals surface area contributed by atoms with Gasteiger partial charge in [0.2, 0.25) is 0 Å². The van der Waals surface area contributed by atoms with E-state index in [0.29, 0.717) is 40.0 Å². The monoisotopic (exact) mass is 486 g/mol. The molecule has 0 amide bonds. The molecule has 3 aromatic heterocycles. The van der Waals surface area contributed by atoms with Crippen molar-refractivity contribution >= 4 is 17.2 Å². The second-order valence-electron chi connectivity index (χ2n) is 8.14. The third-order valence-corrected chi connectivity index (χ3v) is 5.98. The van der Waals surface area contributed by atoms with Gasteiger partial charge in [0.1, 0.15) is 18.1 Å². The van der Waals surface area contributed by atoms with Gasteiger partial charge in [0.25, 0.3) is 5.56 Å². The number of nitrogens with zero attached hydrogens (tertiary/aromatic N) is 4. The third-order valence-electron chi connectivity index (χ3n) is 5.75. The van der Waals surface area contributed by atoms with Gasteiger partial charge in [0, 0.05) is 16.9 Å². The van der Waals surface area contributed by atoms with Gasteiger partial charge < -0.3 is 9.47 Å². The highest BCUT2D eigenvalue weighted by Crippen LogP contribution is 2.25. The van der Waals surface area contributed by atoms with Crippen LogP contribution in [0.1, 0.15) is 17.0 Å². The Hall–Kier alpha value is -4.10. The van der Waals surface area contributed by atoms with Crippen molar-refractivity contribution in [2.45, 2.75) is 20.5 Å². The zero-order chi connectivity index (χ0) is 24.5. The van der Waals surface area contributed by atoms with E-state index in [2.05, 4.69) is 0 Å². The second kappa shape index (κ2) is 9.27. The number of hydrogen-bond donors (Lipinski definition) is 0. The fraction of sp³-hybridized carbons (Fsp3) is 0.148. The maximum Gasteiger partial charge on any atom is 0.267 e. The van der Waals surface area contributed by atoms with Gasteiger partial charge in [-0.05, 0) is 67.9 Å². The van der Waals surface area contributed by atoms with Gasteiger partial charge in [-0.1, -0.05) is 29.8 Å². The summed E-state index contributed by atoms with van der Waals surface area (Å²) >= 11 is 6.16. The highest BCUT2D eigenvalue weighted by molar-refractivity contribution is 6.30. The predicted molar refractivity (Wildman–Crippen MR) is 136 cm³/mol. The van der Waals surface area contributed by atoms with Gasteiger partial charge in [-0.15, -0.1) is 0 Å². The van der Waals surface area contributed by atoms with Gasteiger partial charge in [-0.25, -0.2) is 9.67 Å². The van der Waals surface area contributed by atoms with E-state index in [4.69, 9.17) is 31.2 Å². The highest BCUT2D eigenvalue weighted by atomic mass is 35.5. The molecule has 0 aliphatic heterocycles. The molecule has 0 spiro atoms. The van der Waals surface area contributed by atoms with Crippen LogP contribution in [-0.2, 0) is 6.61 Å². The summed E-state index contributed by atoms with van der Waals surface area (Å²) in [6.07, 6.45) is 1.69. The van der Waals surface area contributed by atoms with Gasteiger partial charge in [-0.2, -0.15) is 5.10 Å². The lowest BCUT2D eigenvalue weighted by Gasteiger charge is -2.12. The summed E-state index contributed by atoms with van der Waals surface area (Å²) in [5, 5.41) is 5.31. The fourth-order valence-electron chi connectivity index (χ4n) is 4.00. The van der Waals surface area contributed by atoms with Crippen molar-refractivity contribution in [3.63, 3.8) is 0 Å². The van der Waals surface area contributed by atoms with E-state index in [1.807, 2.05) is 74.5 Å². The van der Waals surface area contributed by atoms with E-state index >= 15 is 0 Å². The first-order chi connectivity index (χ1) is 16.9. The fourth-order valence-corrected chi connectivity index (χ4v) is 4.18. The summed E-state index contributed by atoms with van der Waals surface area (Å²) in [6.45, 7) is 4.08. The summed E-state index contributed by atoms with van der Waals surface area (Å²) in [5.74, 6) is 1.30. The summed E-state index contributed by atoms with van der Waals surface area (Å²) in [6, 6.07) is 20.5. The molecule has 5 aromatic rings. The van der Waals surface area contributed by atoms with Crippen LogP contribution in [0.25, 0.3) is 22.6 Å². The quantitative estimate of drug-likeness (QED) is 0.321. The lowest BCUT2D eigenvalue weighted by Crippen LogP contribution is -2.19. The molecule has 0 saturated carbocycles. The molecule has 0 N–H and O–H groups in total. The lowest BCUT2D eigenvalue weighted by molar-refractivity contribution is 0.307. The number of hydrogen-bond acceptors (Lipinski definition) is 5. The average Bonchev–Trinajstić information content (AvgIpc) is 3.24. The van der Waals surface area contributed by atoms with Crippen molar-refractivity contribution in [2.75, 3.05) is 7.11 Å². The Bertz CT molecular complexity index is 1590. The molecule has 8 heteroatoms. The molecule has 2 aromatic carbocycles. The molecule has 35 heavy (non-hydrogen) atoms. The van der Waals surface area contributed by atoms with Crippen molar-refractivity contribution in [1.29, 1.82) is 0 Å². The Morgan fingerprint density at radius 2 is 1.80 bits per heavy atom. The maximum atomic E-state index is 13.5. The van der Waals surface area contributed by atoms with Crippen LogP contribution >= 0.6 is 11.6 Å². The molecule has 0 unspecified atom stereocenters. The smallest absolute Gasteiger partial charge is 0.267 e. The largest absolute Gasteiger partial charge is 0.497 e. The van der Waals surface area contributed by atoms with E-state index in [-0.39, 0.29) is 5.56 Å². The third kappa shape index (κ3) is 4.38. The Labute approximate surface area is 207 Å². The molecular weight excluding hydrogens is 464 g/mol. The lowest BCUT2D eigenvalue weighted by atomic mass is 10.1.